The maximum Gasteiger partial charge on any atom is 0.0164 e. The summed E-state index contributed by atoms with van der Waals surface area (Å²) in [4.78, 5) is 0. The van der Waals surface area contributed by atoms with E-state index in [1.807, 2.05) is 6.92 Å². The molecule has 0 aromatic rings. The van der Waals surface area contributed by atoms with Gasteiger partial charge in [0.2, 0.25) is 0 Å². The highest BCUT2D eigenvalue weighted by Crippen LogP contribution is 2.10. The van der Waals surface area contributed by atoms with Crippen LogP contribution in [0.4, 0.5) is 0 Å². The van der Waals surface area contributed by atoms with Gasteiger partial charge in [-0.2, -0.15) is 0 Å². The minimum Gasteiger partial charge on any atom is -0.327 e. The van der Waals surface area contributed by atoms with E-state index in [2.05, 4.69) is 49.0 Å². The summed E-state index contributed by atoms with van der Waals surface area (Å²) in [5.41, 5.74) is 5.78. The standard InChI is InChI=1S/C24H55N5/c1-6-7-8-9-10-11-12-13-14-15-16-26-18-22(3)28-20-24(5)29-19-23(4)27-17-21(2)25/h21-24,26-29H,6-20,25H2,1-5H3. The van der Waals surface area contributed by atoms with Crippen molar-refractivity contribution in [2.45, 2.75) is 123 Å². The SMILES string of the molecule is CCCCCCCCCCCCNCC(C)NCC(C)NCC(C)NCC(C)N. The molecule has 5 nitrogen and oxygen atoms in total. The Morgan fingerprint density at radius 3 is 1.45 bits per heavy atom. The third-order valence-electron chi connectivity index (χ3n) is 5.49. The van der Waals surface area contributed by atoms with Crippen LogP contribution in [0.25, 0.3) is 0 Å². The van der Waals surface area contributed by atoms with Crippen LogP contribution in [0.3, 0.4) is 0 Å². The zero-order valence-corrected chi connectivity index (χ0v) is 20.5. The zero-order chi connectivity index (χ0) is 21.7. The number of unbranched alkanes of at least 4 members (excludes halogenated alkanes) is 9. The molecule has 0 aromatic carbocycles. The van der Waals surface area contributed by atoms with E-state index >= 15 is 0 Å². The Morgan fingerprint density at radius 2 is 0.966 bits per heavy atom. The first-order chi connectivity index (χ1) is 14.0. The molecule has 29 heavy (non-hydrogen) atoms. The van der Waals surface area contributed by atoms with Gasteiger partial charge < -0.3 is 27.0 Å². The van der Waals surface area contributed by atoms with Crippen molar-refractivity contribution < 1.29 is 0 Å². The van der Waals surface area contributed by atoms with Crippen molar-refractivity contribution in [1.29, 1.82) is 0 Å². The predicted octanol–water partition coefficient (Wildman–Crippen LogP) is 3.78. The van der Waals surface area contributed by atoms with Gasteiger partial charge in [0.1, 0.15) is 0 Å². The first-order valence-corrected chi connectivity index (χ1v) is 12.6. The summed E-state index contributed by atoms with van der Waals surface area (Å²) in [6.45, 7) is 16.1. The van der Waals surface area contributed by atoms with Crippen molar-refractivity contribution in [3.05, 3.63) is 0 Å². The highest BCUT2D eigenvalue weighted by Gasteiger charge is 2.07. The Kier molecular flexibility index (Phi) is 20.9. The maximum absolute atomic E-state index is 5.78. The molecule has 0 heterocycles. The number of nitrogens with two attached hydrogens (primary N) is 1. The van der Waals surface area contributed by atoms with Crippen LogP contribution in [0.5, 0.6) is 0 Å². The summed E-state index contributed by atoms with van der Waals surface area (Å²) in [6, 6.07) is 1.64. The monoisotopic (exact) mass is 413 g/mol. The summed E-state index contributed by atoms with van der Waals surface area (Å²) in [5, 5.41) is 14.3. The van der Waals surface area contributed by atoms with Crippen LogP contribution >= 0.6 is 0 Å². The van der Waals surface area contributed by atoms with E-state index < -0.39 is 0 Å². The molecule has 6 N–H and O–H groups in total. The summed E-state index contributed by atoms with van der Waals surface area (Å²) in [5.74, 6) is 0. The lowest BCUT2D eigenvalue weighted by Crippen LogP contribution is -2.47. The molecule has 0 aliphatic heterocycles. The third kappa shape index (κ3) is 22.3. The molecule has 0 spiro atoms. The van der Waals surface area contributed by atoms with E-state index in [0.29, 0.717) is 18.1 Å². The molecule has 4 atom stereocenters. The van der Waals surface area contributed by atoms with Crippen molar-refractivity contribution in [3.63, 3.8) is 0 Å². The maximum atomic E-state index is 5.78. The fraction of sp³-hybridized carbons (Fsp3) is 1.00. The van der Waals surface area contributed by atoms with Gasteiger partial charge in [-0.1, -0.05) is 64.7 Å². The molecule has 0 radical (unpaired) electrons. The highest BCUT2D eigenvalue weighted by molar-refractivity contribution is 4.73. The first-order valence-electron chi connectivity index (χ1n) is 12.6. The van der Waals surface area contributed by atoms with Crippen molar-refractivity contribution in [2.24, 2.45) is 5.73 Å². The number of rotatable bonds is 22. The molecule has 0 saturated carbocycles. The van der Waals surface area contributed by atoms with Gasteiger partial charge in [0.05, 0.1) is 0 Å². The molecule has 0 amide bonds. The van der Waals surface area contributed by atoms with Crippen LogP contribution < -0.4 is 27.0 Å². The molecule has 0 aliphatic carbocycles. The van der Waals surface area contributed by atoms with Gasteiger partial charge in [0.25, 0.3) is 0 Å². The lowest BCUT2D eigenvalue weighted by atomic mass is 10.1. The highest BCUT2D eigenvalue weighted by atomic mass is 15.0. The Bertz CT molecular complexity index is 324. The van der Waals surface area contributed by atoms with Crippen LogP contribution in [-0.4, -0.2) is 56.9 Å². The van der Waals surface area contributed by atoms with E-state index in [4.69, 9.17) is 5.73 Å². The Morgan fingerprint density at radius 1 is 0.552 bits per heavy atom. The largest absolute Gasteiger partial charge is 0.327 e. The minimum atomic E-state index is 0.213. The van der Waals surface area contributed by atoms with Crippen LogP contribution in [-0.2, 0) is 0 Å². The lowest BCUT2D eigenvalue weighted by molar-refractivity contribution is 0.414. The van der Waals surface area contributed by atoms with Crippen LogP contribution in [0.15, 0.2) is 0 Å². The van der Waals surface area contributed by atoms with Gasteiger partial charge in [0, 0.05) is 50.3 Å². The lowest BCUT2D eigenvalue weighted by Gasteiger charge is -2.22. The number of hydrogen-bond donors (Lipinski definition) is 5. The molecular weight excluding hydrogens is 358 g/mol. The summed E-state index contributed by atoms with van der Waals surface area (Å²) in [6.07, 6.45) is 14.0. The van der Waals surface area contributed by atoms with Gasteiger partial charge in [-0.15, -0.1) is 0 Å². The molecule has 0 aromatic heterocycles. The molecule has 0 fully saturated rings. The molecule has 4 unspecified atom stereocenters. The van der Waals surface area contributed by atoms with Gasteiger partial charge in [-0.3, -0.25) is 0 Å². The van der Waals surface area contributed by atoms with Crippen LogP contribution in [0, 0.1) is 0 Å². The normalized spacial score (nSPS) is 15.9. The Balaban J connectivity index is 3.39. The molecule has 176 valence electrons. The van der Waals surface area contributed by atoms with E-state index in [1.165, 1.54) is 64.2 Å². The Labute approximate surface area is 183 Å². The van der Waals surface area contributed by atoms with Crippen LogP contribution in [0.1, 0.15) is 98.8 Å². The average molecular weight is 414 g/mol. The summed E-state index contributed by atoms with van der Waals surface area (Å²) >= 11 is 0. The molecule has 0 bridgehead atoms. The predicted molar refractivity (Wildman–Crippen MR) is 131 cm³/mol. The minimum absolute atomic E-state index is 0.213. The molecular formula is C24H55N5. The summed E-state index contributed by atoms with van der Waals surface area (Å²) in [7, 11) is 0. The number of nitrogens with one attached hydrogen (secondary N) is 4. The van der Waals surface area contributed by atoms with Gasteiger partial charge >= 0.3 is 0 Å². The van der Waals surface area contributed by atoms with Crippen molar-refractivity contribution in [2.75, 3.05) is 32.7 Å². The van der Waals surface area contributed by atoms with Gasteiger partial charge in [0.15, 0.2) is 0 Å². The Hall–Kier alpha value is -0.200. The fourth-order valence-corrected chi connectivity index (χ4v) is 3.42. The van der Waals surface area contributed by atoms with E-state index in [1.54, 1.807) is 0 Å². The fourth-order valence-electron chi connectivity index (χ4n) is 3.42. The van der Waals surface area contributed by atoms with Crippen molar-refractivity contribution in [3.8, 4) is 0 Å². The molecule has 0 aliphatic rings. The van der Waals surface area contributed by atoms with Gasteiger partial charge in [-0.05, 0) is 40.7 Å². The topological polar surface area (TPSA) is 74.1 Å². The quantitative estimate of drug-likeness (QED) is 0.175. The smallest absolute Gasteiger partial charge is 0.0164 e. The van der Waals surface area contributed by atoms with E-state index in [-0.39, 0.29) is 6.04 Å². The third-order valence-corrected chi connectivity index (χ3v) is 5.49. The number of hydrogen-bond acceptors (Lipinski definition) is 5. The van der Waals surface area contributed by atoms with Crippen molar-refractivity contribution >= 4 is 0 Å². The van der Waals surface area contributed by atoms with E-state index in [0.717, 1.165) is 32.7 Å². The van der Waals surface area contributed by atoms with E-state index in [9.17, 15) is 0 Å². The molecule has 0 rings (SSSR count). The molecule has 0 saturated heterocycles. The second-order valence-electron chi connectivity index (χ2n) is 9.29. The second-order valence-corrected chi connectivity index (χ2v) is 9.29. The first kappa shape index (κ1) is 28.8. The van der Waals surface area contributed by atoms with Crippen LogP contribution in [0.2, 0.25) is 0 Å². The van der Waals surface area contributed by atoms with Crippen molar-refractivity contribution in [1.82, 2.24) is 21.3 Å². The average Bonchev–Trinajstić information content (AvgIpc) is 2.69. The second kappa shape index (κ2) is 21.0. The zero-order valence-electron chi connectivity index (χ0n) is 20.5. The molecule has 5 heteroatoms. The summed E-state index contributed by atoms with van der Waals surface area (Å²) < 4.78 is 0. The van der Waals surface area contributed by atoms with Gasteiger partial charge in [-0.25, -0.2) is 0 Å².